The second kappa shape index (κ2) is 8.61. The molecule has 2 aliphatic heterocycles. The number of carbonyl (C=O) groups excluding carboxylic acids is 3. The van der Waals surface area contributed by atoms with E-state index in [0.717, 1.165) is 11.3 Å². The second-order valence-corrected chi connectivity index (χ2v) is 9.91. The van der Waals surface area contributed by atoms with Gasteiger partial charge in [-0.25, -0.2) is 14.6 Å². The van der Waals surface area contributed by atoms with Crippen LogP contribution in [0.1, 0.15) is 43.4 Å². The van der Waals surface area contributed by atoms with Crippen LogP contribution in [0, 0.1) is 5.41 Å². The normalized spacial score (nSPS) is 20.8. The minimum absolute atomic E-state index is 0.0291. The first-order valence-corrected chi connectivity index (χ1v) is 11.6. The summed E-state index contributed by atoms with van der Waals surface area (Å²) >= 11 is 0.935. The van der Waals surface area contributed by atoms with E-state index in [1.807, 2.05) is 0 Å². The molecule has 4 N–H and O–H groups in total. The van der Waals surface area contributed by atoms with Crippen molar-refractivity contribution in [2.75, 3.05) is 11.9 Å². The molecule has 1 aromatic heterocycles. The van der Waals surface area contributed by atoms with Crippen molar-refractivity contribution in [3.63, 3.8) is 0 Å². The average Bonchev–Trinajstić information content (AvgIpc) is 3.18. The highest BCUT2D eigenvalue weighted by Gasteiger charge is 2.48. The lowest BCUT2D eigenvalue weighted by Crippen LogP contribution is -2.50. The molecule has 2 atom stereocenters. The van der Waals surface area contributed by atoms with E-state index in [-0.39, 0.29) is 29.6 Å². The highest BCUT2D eigenvalue weighted by atomic mass is 32.3. The van der Waals surface area contributed by atoms with E-state index >= 15 is 0 Å². The number of nitrogens with one attached hydrogen (secondary N) is 3. The number of piperidine rings is 1. The van der Waals surface area contributed by atoms with Crippen molar-refractivity contribution < 1.29 is 36.4 Å². The molecular weight excluding hydrogens is 468 g/mol. The van der Waals surface area contributed by atoms with Gasteiger partial charge < -0.3 is 15.0 Å². The van der Waals surface area contributed by atoms with Gasteiger partial charge in [-0.3, -0.25) is 20.1 Å². The molecular formula is C16H22N6O8S2. The van der Waals surface area contributed by atoms with Crippen LogP contribution in [0.4, 0.5) is 15.4 Å². The number of fused-ring (bicyclic) bond motifs is 2. The number of hydrogen-bond donors (Lipinski definition) is 4. The van der Waals surface area contributed by atoms with Gasteiger partial charge in [-0.15, -0.1) is 15.6 Å². The molecule has 1 aromatic rings. The fourth-order valence-corrected chi connectivity index (χ4v) is 4.27. The fraction of sp³-hybridized carbons (Fsp3) is 0.562. The number of amidine groups is 1. The van der Waals surface area contributed by atoms with Crippen molar-refractivity contribution in [1.29, 1.82) is 5.41 Å². The number of anilines is 1. The maximum atomic E-state index is 12.5. The summed E-state index contributed by atoms with van der Waals surface area (Å²) in [5.74, 6) is -0.890. The van der Waals surface area contributed by atoms with Crippen molar-refractivity contribution in [1.82, 2.24) is 20.3 Å². The van der Waals surface area contributed by atoms with E-state index in [9.17, 15) is 22.8 Å². The van der Waals surface area contributed by atoms with Crippen LogP contribution in [0.15, 0.2) is 5.38 Å². The zero-order valence-corrected chi connectivity index (χ0v) is 18.9. The van der Waals surface area contributed by atoms with E-state index in [1.54, 1.807) is 20.8 Å². The number of thiazole rings is 1. The number of aromatic nitrogens is 1. The summed E-state index contributed by atoms with van der Waals surface area (Å²) in [6.07, 6.45) is -0.171. The Morgan fingerprint density at radius 1 is 1.34 bits per heavy atom. The van der Waals surface area contributed by atoms with Crippen molar-refractivity contribution in [3.05, 3.63) is 10.4 Å². The van der Waals surface area contributed by atoms with Crippen molar-refractivity contribution >= 4 is 51.4 Å². The lowest BCUT2D eigenvalue weighted by Gasteiger charge is -2.30. The number of hydrogen-bond acceptors (Lipinski definition) is 10. The molecule has 2 saturated heterocycles. The smallest absolute Gasteiger partial charge is 0.418 e. The zero-order chi connectivity index (χ0) is 23.8. The van der Waals surface area contributed by atoms with Gasteiger partial charge in [0.15, 0.2) is 5.01 Å². The number of urea groups is 1. The molecule has 2 bridgehead atoms. The van der Waals surface area contributed by atoms with E-state index < -0.39 is 46.1 Å². The van der Waals surface area contributed by atoms with Crippen LogP contribution in [0.5, 0.6) is 0 Å². The second-order valence-electron chi connectivity index (χ2n) is 8.04. The van der Waals surface area contributed by atoms with Crippen LogP contribution in [0.25, 0.3) is 0 Å². The highest BCUT2D eigenvalue weighted by Crippen LogP contribution is 2.31. The summed E-state index contributed by atoms with van der Waals surface area (Å²) in [7, 11) is -4.88. The molecule has 0 spiro atoms. The molecule has 2 fully saturated rings. The molecule has 0 aromatic carbocycles. The first-order chi connectivity index (χ1) is 14.7. The topological polar surface area (TPSA) is 191 Å². The van der Waals surface area contributed by atoms with Crippen molar-refractivity contribution in [3.8, 4) is 0 Å². The maximum Gasteiger partial charge on any atom is 0.418 e. The maximum absolute atomic E-state index is 12.5. The molecule has 3 heterocycles. The molecule has 3 rings (SSSR count). The molecule has 16 heteroatoms. The van der Waals surface area contributed by atoms with Gasteiger partial charge in [0.1, 0.15) is 17.3 Å². The van der Waals surface area contributed by atoms with E-state index in [2.05, 4.69) is 19.9 Å². The summed E-state index contributed by atoms with van der Waals surface area (Å²) in [5.41, 5.74) is -0.705. The summed E-state index contributed by atoms with van der Waals surface area (Å²) in [5, 5.41) is 14.9. The third-order valence-electron chi connectivity index (χ3n) is 4.41. The molecule has 0 unspecified atom stereocenters. The van der Waals surface area contributed by atoms with Gasteiger partial charge in [0.25, 0.3) is 5.91 Å². The van der Waals surface area contributed by atoms with Crippen LogP contribution >= 0.6 is 11.3 Å². The van der Waals surface area contributed by atoms with Crippen LogP contribution < -0.4 is 10.6 Å². The summed E-state index contributed by atoms with van der Waals surface area (Å²) in [6.45, 7) is 5.17. The van der Waals surface area contributed by atoms with Crippen LogP contribution in [-0.2, 0) is 19.4 Å². The number of rotatable bonds is 5. The van der Waals surface area contributed by atoms with Gasteiger partial charge in [-0.1, -0.05) is 0 Å². The largest absolute Gasteiger partial charge is 0.444 e. The number of hydroxylamine groups is 2. The molecule has 0 saturated carbocycles. The highest BCUT2D eigenvalue weighted by molar-refractivity contribution is 7.80. The molecule has 0 aliphatic carbocycles. The van der Waals surface area contributed by atoms with Crippen molar-refractivity contribution in [2.45, 2.75) is 51.3 Å². The average molecular weight is 491 g/mol. The van der Waals surface area contributed by atoms with Crippen LogP contribution in [0.3, 0.4) is 0 Å². The Bertz CT molecular complexity index is 1050. The van der Waals surface area contributed by atoms with Gasteiger partial charge >= 0.3 is 22.5 Å². The summed E-state index contributed by atoms with van der Waals surface area (Å²) in [6, 6.07) is -2.27. The van der Waals surface area contributed by atoms with Crippen molar-refractivity contribution in [2.24, 2.45) is 0 Å². The lowest BCUT2D eigenvalue weighted by molar-refractivity contribution is -0.0316. The molecule has 32 heavy (non-hydrogen) atoms. The Morgan fingerprint density at radius 2 is 2.03 bits per heavy atom. The van der Waals surface area contributed by atoms with E-state index in [0.29, 0.717) is 11.5 Å². The summed E-state index contributed by atoms with van der Waals surface area (Å²) in [4.78, 5) is 41.9. The number of amides is 4. The van der Waals surface area contributed by atoms with Gasteiger partial charge in [-0.2, -0.15) is 13.5 Å². The van der Waals surface area contributed by atoms with E-state index in [1.165, 1.54) is 10.3 Å². The lowest BCUT2D eigenvalue weighted by atomic mass is 10.00. The minimum Gasteiger partial charge on any atom is -0.444 e. The summed E-state index contributed by atoms with van der Waals surface area (Å²) < 4.78 is 40.2. The first kappa shape index (κ1) is 23.8. The Labute approximate surface area is 187 Å². The third-order valence-corrected chi connectivity index (χ3v) is 5.60. The SMILES string of the molecule is CC(C)(C)OC(=O)Nc1csc(C(=O)NC(=N)[C@@H]2CC[C@@H]3CN2C(=O)N3OS(=O)(=O)O)n1. The van der Waals surface area contributed by atoms with E-state index in [4.69, 9.17) is 14.7 Å². The first-order valence-electron chi connectivity index (χ1n) is 9.35. The molecule has 2 aliphatic rings. The molecule has 4 amide bonds. The number of ether oxygens (including phenoxy) is 1. The zero-order valence-electron chi connectivity index (χ0n) is 17.3. The van der Waals surface area contributed by atoms with Gasteiger partial charge in [-0.05, 0) is 33.6 Å². The Morgan fingerprint density at radius 3 is 2.66 bits per heavy atom. The number of nitrogens with zero attached hydrogens (tertiary/aromatic N) is 3. The number of carbonyl (C=O) groups is 3. The molecule has 176 valence electrons. The van der Waals surface area contributed by atoms with Crippen LogP contribution in [0.2, 0.25) is 0 Å². The molecule has 0 radical (unpaired) electrons. The fourth-order valence-electron chi connectivity index (χ4n) is 3.23. The standard InChI is InChI=1S/C16H22N6O8S2/c1-16(2,3)29-14(24)19-10-7-31-13(18-10)12(23)20-11(17)9-5-4-8-6-21(9)15(25)22(8)30-32(26,27)28/h7-9H,4-6H2,1-3H3,(H,19,24)(H2,17,20,23)(H,26,27,28)/t8-,9+/m1/s1. The third kappa shape index (κ3) is 5.70. The predicted molar refractivity (Wildman–Crippen MR) is 111 cm³/mol. The van der Waals surface area contributed by atoms with Gasteiger partial charge in [0, 0.05) is 11.9 Å². The van der Waals surface area contributed by atoms with Gasteiger partial charge in [0.05, 0.1) is 12.1 Å². The minimum atomic E-state index is -4.88. The predicted octanol–water partition coefficient (Wildman–Crippen LogP) is 1.20. The van der Waals surface area contributed by atoms with Gasteiger partial charge in [0.2, 0.25) is 0 Å². The Hall–Kier alpha value is -2.82. The monoisotopic (exact) mass is 490 g/mol. The quantitative estimate of drug-likeness (QED) is 0.267. The Balaban J connectivity index is 1.60. The Kier molecular flexibility index (Phi) is 6.41. The molecule has 14 nitrogen and oxygen atoms in total. The van der Waals surface area contributed by atoms with Crippen LogP contribution in [-0.4, -0.2) is 76.0 Å².